The topological polar surface area (TPSA) is 47.7 Å². The third kappa shape index (κ3) is 2.73. The summed E-state index contributed by atoms with van der Waals surface area (Å²) in [5.74, 6) is -0.249. The molecule has 2 N–H and O–H groups in total. The van der Waals surface area contributed by atoms with Crippen LogP contribution in [0.3, 0.4) is 0 Å². The minimum absolute atomic E-state index is 0.0504. The molecule has 1 aliphatic rings. The molecule has 3 atom stereocenters. The molecule has 0 spiro atoms. The molecule has 1 heterocycles. The lowest BCUT2D eigenvalue weighted by atomic mass is 10.1. The van der Waals surface area contributed by atoms with E-state index in [1.54, 1.807) is 20.3 Å². The van der Waals surface area contributed by atoms with Crippen LogP contribution < -0.4 is 10.6 Å². The van der Waals surface area contributed by atoms with E-state index >= 15 is 0 Å². The molecule has 0 radical (unpaired) electrons. The van der Waals surface area contributed by atoms with Crippen LogP contribution in [0.5, 0.6) is 0 Å². The van der Waals surface area contributed by atoms with Gasteiger partial charge in [0.15, 0.2) is 0 Å². The number of hydrogen-bond donors (Lipinski definition) is 1. The lowest BCUT2D eigenvalue weighted by Crippen LogP contribution is -2.27. The van der Waals surface area contributed by atoms with Crippen LogP contribution in [-0.2, 0) is 9.47 Å². The van der Waals surface area contributed by atoms with Crippen LogP contribution in [0.4, 0.5) is 10.1 Å². The fraction of sp³-hybridized carbons (Fsp3) is 0.571. The highest BCUT2D eigenvalue weighted by Gasteiger charge is 2.35. The first-order valence-electron chi connectivity index (χ1n) is 6.43. The summed E-state index contributed by atoms with van der Waals surface area (Å²) in [6.45, 7) is 3.07. The molecular weight excluding hydrogens is 247 g/mol. The minimum Gasteiger partial charge on any atom is -0.377 e. The fourth-order valence-electron chi connectivity index (χ4n) is 2.61. The molecule has 1 saturated heterocycles. The number of rotatable bonds is 4. The van der Waals surface area contributed by atoms with Gasteiger partial charge in [0.25, 0.3) is 0 Å². The summed E-state index contributed by atoms with van der Waals surface area (Å²) in [4.78, 5) is 1.95. The van der Waals surface area contributed by atoms with Crippen molar-refractivity contribution in [3.63, 3.8) is 0 Å². The molecule has 3 unspecified atom stereocenters. The van der Waals surface area contributed by atoms with E-state index in [1.165, 1.54) is 6.07 Å². The Morgan fingerprint density at radius 1 is 1.26 bits per heavy atom. The first-order valence-corrected chi connectivity index (χ1v) is 6.43. The Hall–Kier alpha value is -1.17. The summed E-state index contributed by atoms with van der Waals surface area (Å²) in [5.41, 5.74) is 7.31. The standard InChI is InChI=1S/C14H21FN2O2/c1-9(16)10-5-4-6-11(15)14(10)17-7-12(18-2)13(8-17)19-3/h4-6,9,12-13H,7-8,16H2,1-3H3. The van der Waals surface area contributed by atoms with Crippen LogP contribution in [0.2, 0.25) is 0 Å². The number of nitrogens with two attached hydrogens (primary N) is 1. The van der Waals surface area contributed by atoms with E-state index in [9.17, 15) is 4.39 Å². The predicted octanol–water partition coefficient (Wildman–Crippen LogP) is 1.70. The zero-order valence-electron chi connectivity index (χ0n) is 11.6. The van der Waals surface area contributed by atoms with Gasteiger partial charge in [-0.1, -0.05) is 12.1 Å². The van der Waals surface area contributed by atoms with Gasteiger partial charge in [0.1, 0.15) is 18.0 Å². The molecule has 0 amide bonds. The number of hydrogen-bond acceptors (Lipinski definition) is 4. The van der Waals surface area contributed by atoms with Crippen molar-refractivity contribution in [1.82, 2.24) is 0 Å². The van der Waals surface area contributed by atoms with E-state index in [1.807, 2.05) is 17.9 Å². The lowest BCUT2D eigenvalue weighted by Gasteiger charge is -2.23. The van der Waals surface area contributed by atoms with Crippen molar-refractivity contribution in [1.29, 1.82) is 0 Å². The van der Waals surface area contributed by atoms with Crippen LogP contribution in [0, 0.1) is 5.82 Å². The Bertz CT molecular complexity index is 427. The minimum atomic E-state index is -0.249. The van der Waals surface area contributed by atoms with Gasteiger partial charge in [-0.25, -0.2) is 4.39 Å². The second-order valence-corrected chi connectivity index (χ2v) is 4.92. The maximum Gasteiger partial charge on any atom is 0.146 e. The van der Waals surface area contributed by atoms with E-state index in [-0.39, 0.29) is 24.1 Å². The van der Waals surface area contributed by atoms with Crippen molar-refractivity contribution < 1.29 is 13.9 Å². The predicted molar refractivity (Wildman–Crippen MR) is 72.8 cm³/mol. The largest absolute Gasteiger partial charge is 0.377 e. The molecule has 5 heteroatoms. The molecule has 4 nitrogen and oxygen atoms in total. The maximum atomic E-state index is 14.1. The number of para-hydroxylation sites is 1. The Morgan fingerprint density at radius 2 is 1.84 bits per heavy atom. The molecule has 19 heavy (non-hydrogen) atoms. The van der Waals surface area contributed by atoms with Crippen molar-refractivity contribution in [3.05, 3.63) is 29.6 Å². The van der Waals surface area contributed by atoms with E-state index in [2.05, 4.69) is 0 Å². The molecule has 1 aromatic rings. The maximum absolute atomic E-state index is 14.1. The van der Waals surface area contributed by atoms with Crippen molar-refractivity contribution in [3.8, 4) is 0 Å². The van der Waals surface area contributed by atoms with Crippen molar-refractivity contribution in [2.75, 3.05) is 32.2 Å². The fourth-order valence-corrected chi connectivity index (χ4v) is 2.61. The van der Waals surface area contributed by atoms with Gasteiger partial charge >= 0.3 is 0 Å². The number of ether oxygens (including phenoxy) is 2. The van der Waals surface area contributed by atoms with Gasteiger partial charge in [-0.05, 0) is 18.6 Å². The molecule has 1 fully saturated rings. The summed E-state index contributed by atoms with van der Waals surface area (Å²) in [7, 11) is 3.29. The molecule has 0 aromatic heterocycles. The number of nitrogens with zero attached hydrogens (tertiary/aromatic N) is 1. The third-order valence-electron chi connectivity index (χ3n) is 3.65. The second-order valence-electron chi connectivity index (χ2n) is 4.92. The van der Waals surface area contributed by atoms with Crippen LogP contribution >= 0.6 is 0 Å². The molecule has 106 valence electrons. The summed E-state index contributed by atoms with van der Waals surface area (Å²) < 4.78 is 24.9. The van der Waals surface area contributed by atoms with Crippen LogP contribution in [0.25, 0.3) is 0 Å². The molecule has 2 rings (SSSR count). The van der Waals surface area contributed by atoms with Gasteiger partial charge in [-0.3, -0.25) is 0 Å². The molecule has 0 saturated carbocycles. The molecule has 1 aromatic carbocycles. The Balaban J connectivity index is 2.33. The van der Waals surface area contributed by atoms with Crippen LogP contribution in [-0.4, -0.2) is 39.5 Å². The molecular formula is C14H21FN2O2. The van der Waals surface area contributed by atoms with Crippen molar-refractivity contribution >= 4 is 5.69 Å². The quantitative estimate of drug-likeness (QED) is 0.903. The van der Waals surface area contributed by atoms with E-state index in [4.69, 9.17) is 15.2 Å². The van der Waals surface area contributed by atoms with E-state index in [0.29, 0.717) is 18.8 Å². The average molecular weight is 268 g/mol. The van der Waals surface area contributed by atoms with Gasteiger partial charge < -0.3 is 20.1 Å². The van der Waals surface area contributed by atoms with Crippen LogP contribution in [0.1, 0.15) is 18.5 Å². The monoisotopic (exact) mass is 268 g/mol. The number of halogens is 1. The van der Waals surface area contributed by atoms with Gasteiger partial charge in [0.05, 0.1) is 5.69 Å². The average Bonchev–Trinajstić information content (AvgIpc) is 2.81. The zero-order chi connectivity index (χ0) is 14.0. The number of anilines is 1. The second kappa shape index (κ2) is 5.86. The number of benzene rings is 1. The van der Waals surface area contributed by atoms with Gasteiger partial charge in [-0.15, -0.1) is 0 Å². The highest BCUT2D eigenvalue weighted by atomic mass is 19.1. The highest BCUT2D eigenvalue weighted by Crippen LogP contribution is 2.32. The molecule has 0 bridgehead atoms. The normalized spacial score (nSPS) is 24.8. The molecule has 1 aliphatic heterocycles. The summed E-state index contributed by atoms with van der Waals surface area (Å²) >= 11 is 0. The van der Waals surface area contributed by atoms with E-state index < -0.39 is 0 Å². The first kappa shape index (κ1) is 14.2. The first-order chi connectivity index (χ1) is 9.08. The smallest absolute Gasteiger partial charge is 0.146 e. The number of methoxy groups -OCH3 is 2. The molecule has 0 aliphatic carbocycles. The summed E-state index contributed by atoms with van der Waals surface area (Å²) in [6, 6.07) is 4.80. The Labute approximate surface area is 113 Å². The van der Waals surface area contributed by atoms with Gasteiger partial charge in [-0.2, -0.15) is 0 Å². The SMILES string of the molecule is COC1CN(c2c(F)cccc2C(C)N)CC1OC. The third-order valence-corrected chi connectivity index (χ3v) is 3.65. The van der Waals surface area contributed by atoms with Crippen molar-refractivity contribution in [2.24, 2.45) is 5.73 Å². The van der Waals surface area contributed by atoms with Gasteiger partial charge in [0, 0.05) is 33.4 Å². The lowest BCUT2D eigenvalue weighted by molar-refractivity contribution is -0.00461. The van der Waals surface area contributed by atoms with E-state index in [0.717, 1.165) is 5.56 Å². The Kier molecular flexibility index (Phi) is 4.39. The summed E-state index contributed by atoms with van der Waals surface area (Å²) in [6.07, 6.45) is -0.101. The highest BCUT2D eigenvalue weighted by molar-refractivity contribution is 5.57. The summed E-state index contributed by atoms with van der Waals surface area (Å²) in [5, 5.41) is 0. The Morgan fingerprint density at radius 3 is 2.32 bits per heavy atom. The van der Waals surface area contributed by atoms with Gasteiger partial charge in [0.2, 0.25) is 0 Å². The zero-order valence-corrected chi connectivity index (χ0v) is 11.6. The van der Waals surface area contributed by atoms with Crippen LogP contribution in [0.15, 0.2) is 18.2 Å². The van der Waals surface area contributed by atoms with Crippen molar-refractivity contribution in [2.45, 2.75) is 25.2 Å².